The van der Waals surface area contributed by atoms with Gasteiger partial charge in [0.05, 0.1) is 23.4 Å². The molecule has 0 radical (unpaired) electrons. The lowest BCUT2D eigenvalue weighted by molar-refractivity contribution is -0.384. The van der Waals surface area contributed by atoms with Gasteiger partial charge in [0.1, 0.15) is 10.8 Å². The Balaban J connectivity index is 1.68. The number of nitrogens with one attached hydrogen (secondary N) is 2. The predicted octanol–water partition coefficient (Wildman–Crippen LogP) is 4.36. The SMILES string of the molecule is Cc1cc(/C=N\NC(=O)CNc2ccc(F)cc2)c(C)n1-c1ccc(Cl)c([N+](=O)[O-])c1. The summed E-state index contributed by atoms with van der Waals surface area (Å²) >= 11 is 5.90. The van der Waals surface area contributed by atoms with Crippen molar-refractivity contribution in [3.8, 4) is 5.69 Å². The molecular formula is C21H19ClFN5O3. The number of aromatic nitrogens is 1. The van der Waals surface area contributed by atoms with E-state index < -0.39 is 4.92 Å². The summed E-state index contributed by atoms with van der Waals surface area (Å²) < 4.78 is 14.7. The van der Waals surface area contributed by atoms with Crippen LogP contribution in [-0.2, 0) is 4.79 Å². The summed E-state index contributed by atoms with van der Waals surface area (Å²) in [5.41, 5.74) is 5.81. The monoisotopic (exact) mass is 443 g/mol. The van der Waals surface area contributed by atoms with Crippen LogP contribution in [0.15, 0.2) is 53.6 Å². The molecule has 0 atom stereocenters. The summed E-state index contributed by atoms with van der Waals surface area (Å²) in [7, 11) is 0. The number of nitrogens with zero attached hydrogens (tertiary/aromatic N) is 3. The van der Waals surface area contributed by atoms with Crippen molar-refractivity contribution in [2.24, 2.45) is 5.10 Å². The van der Waals surface area contributed by atoms with E-state index in [9.17, 15) is 19.3 Å². The van der Waals surface area contributed by atoms with Gasteiger partial charge in [0, 0.05) is 28.7 Å². The van der Waals surface area contributed by atoms with Gasteiger partial charge < -0.3 is 9.88 Å². The van der Waals surface area contributed by atoms with Gasteiger partial charge in [-0.25, -0.2) is 9.82 Å². The third-order valence-corrected chi connectivity index (χ3v) is 4.86. The minimum Gasteiger partial charge on any atom is -0.376 e. The average molecular weight is 444 g/mol. The number of nitro groups is 1. The van der Waals surface area contributed by atoms with Gasteiger partial charge in [-0.05, 0) is 56.3 Å². The molecule has 1 heterocycles. The number of hydrogen-bond donors (Lipinski definition) is 2. The normalized spacial score (nSPS) is 11.0. The molecule has 0 saturated heterocycles. The zero-order valence-corrected chi connectivity index (χ0v) is 17.5. The first-order valence-corrected chi connectivity index (χ1v) is 9.58. The Hall–Kier alpha value is -3.72. The highest BCUT2D eigenvalue weighted by molar-refractivity contribution is 6.32. The number of carbonyl (C=O) groups is 1. The molecule has 1 aromatic heterocycles. The van der Waals surface area contributed by atoms with Gasteiger partial charge in [0.15, 0.2) is 0 Å². The van der Waals surface area contributed by atoms with Gasteiger partial charge in [-0.15, -0.1) is 0 Å². The van der Waals surface area contributed by atoms with Crippen molar-refractivity contribution in [1.82, 2.24) is 9.99 Å². The molecule has 0 spiro atoms. The second-order valence-corrected chi connectivity index (χ2v) is 7.12. The molecule has 0 unspecified atom stereocenters. The number of halogens is 2. The molecule has 2 aromatic carbocycles. The van der Waals surface area contributed by atoms with E-state index in [0.717, 1.165) is 17.0 Å². The number of aryl methyl sites for hydroxylation is 1. The molecule has 3 rings (SSSR count). The molecule has 0 aliphatic rings. The summed E-state index contributed by atoms with van der Waals surface area (Å²) in [6, 6.07) is 12.1. The lowest BCUT2D eigenvalue weighted by atomic mass is 10.2. The van der Waals surface area contributed by atoms with E-state index in [1.165, 1.54) is 42.6 Å². The highest BCUT2D eigenvalue weighted by Crippen LogP contribution is 2.29. The molecule has 0 bridgehead atoms. The number of carbonyl (C=O) groups excluding carboxylic acids is 1. The maximum absolute atomic E-state index is 12.9. The maximum atomic E-state index is 12.9. The van der Waals surface area contributed by atoms with Gasteiger partial charge in [-0.1, -0.05) is 11.6 Å². The van der Waals surface area contributed by atoms with E-state index in [1.54, 1.807) is 6.07 Å². The third-order valence-electron chi connectivity index (χ3n) is 4.55. The molecule has 0 aliphatic carbocycles. The van der Waals surface area contributed by atoms with Gasteiger partial charge >= 0.3 is 0 Å². The van der Waals surface area contributed by atoms with Crippen LogP contribution in [0.2, 0.25) is 5.02 Å². The zero-order valence-electron chi connectivity index (χ0n) is 16.7. The molecule has 0 fully saturated rings. The van der Waals surface area contributed by atoms with Crippen molar-refractivity contribution in [2.45, 2.75) is 13.8 Å². The fourth-order valence-electron chi connectivity index (χ4n) is 3.06. The predicted molar refractivity (Wildman–Crippen MR) is 118 cm³/mol. The van der Waals surface area contributed by atoms with Gasteiger partial charge in [0.2, 0.25) is 0 Å². The van der Waals surface area contributed by atoms with Crippen LogP contribution in [0.25, 0.3) is 5.69 Å². The smallest absolute Gasteiger partial charge is 0.289 e. The number of benzene rings is 2. The molecule has 31 heavy (non-hydrogen) atoms. The van der Waals surface area contributed by atoms with Crippen molar-refractivity contribution >= 4 is 35.1 Å². The topological polar surface area (TPSA) is 102 Å². The Morgan fingerprint density at radius 3 is 2.61 bits per heavy atom. The van der Waals surface area contributed by atoms with E-state index in [0.29, 0.717) is 11.4 Å². The first-order chi connectivity index (χ1) is 14.8. The Bertz CT molecular complexity index is 1160. The largest absolute Gasteiger partial charge is 0.376 e. The second-order valence-electron chi connectivity index (χ2n) is 6.71. The Morgan fingerprint density at radius 2 is 1.94 bits per heavy atom. The Morgan fingerprint density at radius 1 is 1.23 bits per heavy atom. The second kappa shape index (κ2) is 9.40. The van der Waals surface area contributed by atoms with Crippen molar-refractivity contribution < 1.29 is 14.1 Å². The molecule has 10 heteroatoms. The summed E-state index contributed by atoms with van der Waals surface area (Å²) in [5, 5.41) is 18.1. The third kappa shape index (κ3) is 5.26. The number of hydrogen-bond acceptors (Lipinski definition) is 5. The molecule has 0 aliphatic heterocycles. The lowest BCUT2D eigenvalue weighted by Gasteiger charge is -2.10. The van der Waals surface area contributed by atoms with E-state index in [2.05, 4.69) is 15.8 Å². The highest BCUT2D eigenvalue weighted by Gasteiger charge is 2.16. The van der Waals surface area contributed by atoms with E-state index in [1.807, 2.05) is 24.5 Å². The molecular weight excluding hydrogens is 425 g/mol. The van der Waals surface area contributed by atoms with Crippen LogP contribution >= 0.6 is 11.6 Å². The molecule has 2 N–H and O–H groups in total. The quantitative estimate of drug-likeness (QED) is 0.322. The summed E-state index contributed by atoms with van der Waals surface area (Å²) in [5.74, 6) is -0.729. The summed E-state index contributed by atoms with van der Waals surface area (Å²) in [6.45, 7) is 3.67. The molecule has 0 saturated carbocycles. The fraction of sp³-hybridized carbons (Fsp3) is 0.143. The van der Waals surface area contributed by atoms with Gasteiger partial charge in [-0.3, -0.25) is 14.9 Å². The van der Waals surface area contributed by atoms with Crippen LogP contribution in [-0.4, -0.2) is 28.2 Å². The van der Waals surface area contributed by atoms with E-state index in [-0.39, 0.29) is 29.0 Å². The Kier molecular flexibility index (Phi) is 6.66. The first-order valence-electron chi connectivity index (χ1n) is 9.21. The summed E-state index contributed by atoms with van der Waals surface area (Å²) in [6.07, 6.45) is 1.50. The van der Waals surface area contributed by atoms with Crippen molar-refractivity contribution in [3.05, 3.63) is 86.4 Å². The van der Waals surface area contributed by atoms with Crippen LogP contribution in [0.5, 0.6) is 0 Å². The van der Waals surface area contributed by atoms with E-state index >= 15 is 0 Å². The van der Waals surface area contributed by atoms with Crippen LogP contribution in [0, 0.1) is 29.8 Å². The molecule has 1 amide bonds. The number of rotatable bonds is 7. The van der Waals surface area contributed by atoms with Crippen LogP contribution < -0.4 is 10.7 Å². The van der Waals surface area contributed by atoms with Gasteiger partial charge in [0.25, 0.3) is 11.6 Å². The first kappa shape index (κ1) is 22.0. The minimum absolute atomic E-state index is 0.0313. The number of nitro benzene ring substituents is 1. The van der Waals surface area contributed by atoms with Crippen LogP contribution in [0.3, 0.4) is 0 Å². The molecule has 8 nitrogen and oxygen atoms in total. The lowest BCUT2D eigenvalue weighted by Crippen LogP contribution is -2.25. The van der Waals surface area contributed by atoms with E-state index in [4.69, 9.17) is 11.6 Å². The summed E-state index contributed by atoms with van der Waals surface area (Å²) in [4.78, 5) is 22.6. The molecule has 3 aromatic rings. The average Bonchev–Trinajstić information content (AvgIpc) is 3.01. The Labute approximate surface area is 182 Å². The minimum atomic E-state index is -0.530. The van der Waals surface area contributed by atoms with Crippen LogP contribution in [0.1, 0.15) is 17.0 Å². The van der Waals surface area contributed by atoms with Gasteiger partial charge in [-0.2, -0.15) is 5.10 Å². The molecule has 160 valence electrons. The number of anilines is 1. The van der Waals surface area contributed by atoms with Crippen molar-refractivity contribution in [3.63, 3.8) is 0 Å². The van der Waals surface area contributed by atoms with Crippen LogP contribution in [0.4, 0.5) is 15.8 Å². The van der Waals surface area contributed by atoms with Crippen molar-refractivity contribution in [1.29, 1.82) is 0 Å². The maximum Gasteiger partial charge on any atom is 0.289 e. The number of hydrazone groups is 1. The zero-order chi connectivity index (χ0) is 22.5. The number of amides is 1. The fourth-order valence-corrected chi connectivity index (χ4v) is 3.25. The van der Waals surface area contributed by atoms with Crippen molar-refractivity contribution in [2.75, 3.05) is 11.9 Å². The highest BCUT2D eigenvalue weighted by atomic mass is 35.5. The standard InChI is InChI=1S/C21H19ClFN5O3/c1-13-9-15(11-25-26-21(29)12-24-17-5-3-16(23)4-6-17)14(2)27(13)18-7-8-19(22)20(10-18)28(30)31/h3-11,24H,12H2,1-2H3,(H,26,29)/b25-11-.